The van der Waals surface area contributed by atoms with Crippen LogP contribution in [0, 0.1) is 11.3 Å². The fourth-order valence-electron chi connectivity index (χ4n) is 11.3. The molecule has 2 aliphatic heterocycles. The Morgan fingerprint density at radius 3 is 1.67 bits per heavy atom. The molecule has 3 nitrogen and oxygen atoms in total. The summed E-state index contributed by atoms with van der Waals surface area (Å²) in [5.41, 5.74) is 17.6. The molecule has 0 amide bonds. The Morgan fingerprint density at radius 1 is 0.475 bits per heavy atom. The molecule has 12 rings (SSSR count). The van der Waals surface area contributed by atoms with Crippen molar-refractivity contribution < 1.29 is 0 Å². The summed E-state index contributed by atoms with van der Waals surface area (Å²) in [6, 6.07) is 40.7. The van der Waals surface area contributed by atoms with Crippen molar-refractivity contribution in [1.82, 2.24) is 9.05 Å². The minimum Gasteiger partial charge on any atom is -0.375 e. The minimum absolute atomic E-state index is 0.000294. The summed E-state index contributed by atoms with van der Waals surface area (Å²) in [5.74, 6) is 0. The molecule has 0 spiro atoms. The molecule has 4 heteroatoms. The van der Waals surface area contributed by atoms with Gasteiger partial charge in [-0.3, -0.25) is 0 Å². The lowest BCUT2D eigenvalue weighted by Gasteiger charge is -2.37. The Morgan fingerprint density at radius 2 is 1.03 bits per heavy atom. The number of nitrogens with zero attached hydrogens (tertiary/aromatic N) is 3. The van der Waals surface area contributed by atoms with E-state index >= 15 is 0 Å². The van der Waals surface area contributed by atoms with Crippen LogP contribution >= 0.6 is 0 Å². The SMILES string of the molecule is CC(C)(C)c1cc2ccc3c4c5c(c6ccc(c1)c2c36)-n1c2ccc(C(C)(C)C)cc2c2cc(C(C)(C)C)cc(c21)B5n1c2ccc(C#N)cc2c2cc(C(C)(C)C)cc-4c21. The van der Waals surface area contributed by atoms with E-state index in [0.29, 0.717) is 5.56 Å². The summed E-state index contributed by atoms with van der Waals surface area (Å²) in [6.07, 6.45) is 0. The van der Waals surface area contributed by atoms with E-state index in [1.165, 1.54) is 121 Å². The van der Waals surface area contributed by atoms with E-state index in [1.807, 2.05) is 6.07 Å². The van der Waals surface area contributed by atoms with E-state index < -0.39 is 0 Å². The number of benzene rings is 8. The first-order valence-corrected chi connectivity index (χ1v) is 22.2. The van der Waals surface area contributed by atoms with Crippen LogP contribution in [0.15, 0.2) is 97.1 Å². The topological polar surface area (TPSA) is 33.6 Å². The van der Waals surface area contributed by atoms with Crippen molar-refractivity contribution in [3.63, 3.8) is 0 Å². The molecule has 0 unspecified atom stereocenters. The third-order valence-electron chi connectivity index (χ3n) is 14.6. The van der Waals surface area contributed by atoms with Crippen molar-refractivity contribution in [3.8, 4) is 22.9 Å². The molecule has 2 aromatic heterocycles. The van der Waals surface area contributed by atoms with Crippen LogP contribution in [0.25, 0.3) is 92.7 Å². The number of aromatic nitrogens is 2. The molecule has 4 heterocycles. The van der Waals surface area contributed by atoms with Gasteiger partial charge in [0.1, 0.15) is 0 Å². The molecule has 0 fully saturated rings. The maximum absolute atomic E-state index is 10.3. The van der Waals surface area contributed by atoms with Gasteiger partial charge in [-0.05, 0) is 130 Å². The first-order valence-electron chi connectivity index (χ1n) is 22.2. The van der Waals surface area contributed by atoms with Gasteiger partial charge in [0.2, 0.25) is 0 Å². The Kier molecular flexibility index (Phi) is 6.78. The number of nitriles is 1. The highest BCUT2D eigenvalue weighted by Gasteiger charge is 2.44. The van der Waals surface area contributed by atoms with Crippen LogP contribution in [0.2, 0.25) is 0 Å². The van der Waals surface area contributed by atoms with Crippen molar-refractivity contribution in [2.24, 2.45) is 0 Å². The molecular formula is C57H52BN3. The van der Waals surface area contributed by atoms with Gasteiger partial charge in [0.05, 0.1) is 28.4 Å². The summed E-state index contributed by atoms with van der Waals surface area (Å²) >= 11 is 0. The maximum Gasteiger partial charge on any atom is 0.333 e. The third-order valence-corrected chi connectivity index (χ3v) is 14.6. The Hall–Kier alpha value is -6.05. The summed E-state index contributed by atoms with van der Waals surface area (Å²) in [5, 5.41) is 23.2. The molecule has 0 saturated heterocycles. The van der Waals surface area contributed by atoms with Crippen molar-refractivity contribution >= 4 is 93.7 Å². The predicted molar refractivity (Wildman–Crippen MR) is 263 cm³/mol. The van der Waals surface area contributed by atoms with E-state index in [0.717, 1.165) is 5.39 Å². The molecule has 0 N–H and O–H groups in total. The average molecular weight is 790 g/mol. The minimum atomic E-state index is -0.0994. The van der Waals surface area contributed by atoms with Crippen molar-refractivity contribution in [2.75, 3.05) is 0 Å². The van der Waals surface area contributed by atoms with Crippen molar-refractivity contribution in [2.45, 2.75) is 105 Å². The lowest BCUT2D eigenvalue weighted by molar-refractivity contribution is 0.590. The van der Waals surface area contributed by atoms with E-state index in [4.69, 9.17) is 0 Å². The van der Waals surface area contributed by atoms with Crippen LogP contribution in [-0.4, -0.2) is 15.9 Å². The molecule has 0 atom stereocenters. The van der Waals surface area contributed by atoms with Gasteiger partial charge < -0.3 is 9.05 Å². The normalized spacial score (nSPS) is 14.2. The summed E-state index contributed by atoms with van der Waals surface area (Å²) in [6.45, 7) is 27.9. The fraction of sp³-hybridized carbons (Fsp3) is 0.281. The van der Waals surface area contributed by atoms with Crippen molar-refractivity contribution in [1.29, 1.82) is 5.26 Å². The molecular weight excluding hydrogens is 737 g/mol. The van der Waals surface area contributed by atoms with Crippen LogP contribution in [0.1, 0.15) is 111 Å². The summed E-state index contributed by atoms with van der Waals surface area (Å²) < 4.78 is 5.35. The highest BCUT2D eigenvalue weighted by atomic mass is 15.0. The van der Waals surface area contributed by atoms with Gasteiger partial charge in [-0.1, -0.05) is 132 Å². The highest BCUT2D eigenvalue weighted by molar-refractivity contribution is 6.90. The van der Waals surface area contributed by atoms with E-state index in [9.17, 15) is 5.26 Å². The molecule has 2 aliphatic rings. The lowest BCUT2D eigenvalue weighted by Crippen LogP contribution is -2.55. The lowest BCUT2D eigenvalue weighted by atomic mass is 9.44. The Balaban J connectivity index is 1.39. The zero-order valence-electron chi connectivity index (χ0n) is 37.7. The molecule has 0 saturated carbocycles. The Labute approximate surface area is 359 Å². The van der Waals surface area contributed by atoms with Crippen LogP contribution < -0.4 is 10.9 Å². The van der Waals surface area contributed by atoms with Crippen LogP contribution in [0.4, 0.5) is 0 Å². The van der Waals surface area contributed by atoms with Gasteiger partial charge in [-0.25, -0.2) is 0 Å². The predicted octanol–water partition coefficient (Wildman–Crippen LogP) is 13.8. The molecule has 298 valence electrons. The molecule has 8 aromatic carbocycles. The van der Waals surface area contributed by atoms with Crippen LogP contribution in [0.5, 0.6) is 0 Å². The Bertz CT molecular complexity index is 3670. The molecule has 10 aromatic rings. The van der Waals surface area contributed by atoms with Gasteiger partial charge in [0.25, 0.3) is 0 Å². The second kappa shape index (κ2) is 11.3. The van der Waals surface area contributed by atoms with Gasteiger partial charge in [0, 0.05) is 48.9 Å². The van der Waals surface area contributed by atoms with E-state index in [2.05, 4.69) is 189 Å². The first-order chi connectivity index (χ1) is 28.7. The maximum atomic E-state index is 10.3. The monoisotopic (exact) mass is 789 g/mol. The molecule has 0 radical (unpaired) electrons. The molecule has 0 aliphatic carbocycles. The standard InChI is InChI=1S/C57H52BN3/c1-54(2,3)33-16-20-45-40(24-33)42-26-36(57(10,11)12)28-44-52(42)60(45)53-38-18-15-32-23-34(55(4,5)6)22-31-14-17-37(48(38)47(31)32)49-43-27-35(56(7,8)9)25-41-39-21-30(29-59)13-19-46(39)61(51(41)43)58(44)50(49)53/h13-28H,1-12H3. The molecule has 0 bridgehead atoms. The quantitative estimate of drug-likeness (QED) is 0.111. The summed E-state index contributed by atoms with van der Waals surface area (Å²) in [4.78, 5) is 0. The number of hydrogen-bond acceptors (Lipinski definition) is 1. The number of rotatable bonds is 0. The fourth-order valence-corrected chi connectivity index (χ4v) is 11.3. The summed E-state index contributed by atoms with van der Waals surface area (Å²) in [7, 11) is 0. The first kappa shape index (κ1) is 36.8. The van der Waals surface area contributed by atoms with E-state index in [1.54, 1.807) is 0 Å². The third kappa shape index (κ3) is 4.70. The number of hydrogen-bond donors (Lipinski definition) is 0. The smallest absolute Gasteiger partial charge is 0.333 e. The van der Waals surface area contributed by atoms with Gasteiger partial charge in [-0.2, -0.15) is 5.26 Å². The van der Waals surface area contributed by atoms with Gasteiger partial charge >= 0.3 is 6.85 Å². The zero-order valence-corrected chi connectivity index (χ0v) is 37.7. The largest absolute Gasteiger partial charge is 0.375 e. The van der Waals surface area contributed by atoms with Crippen LogP contribution in [0.3, 0.4) is 0 Å². The molecule has 61 heavy (non-hydrogen) atoms. The van der Waals surface area contributed by atoms with Crippen molar-refractivity contribution in [3.05, 3.63) is 125 Å². The number of fused-ring (bicyclic) bond motifs is 12. The van der Waals surface area contributed by atoms with Crippen LogP contribution in [-0.2, 0) is 21.7 Å². The van der Waals surface area contributed by atoms with E-state index in [-0.39, 0.29) is 28.5 Å². The average Bonchev–Trinajstić information content (AvgIpc) is 3.70. The van der Waals surface area contributed by atoms with Gasteiger partial charge in [-0.15, -0.1) is 0 Å². The zero-order chi connectivity index (χ0) is 42.6. The van der Waals surface area contributed by atoms with Gasteiger partial charge in [0.15, 0.2) is 0 Å². The highest BCUT2D eigenvalue weighted by Crippen LogP contribution is 2.51. The second-order valence-electron chi connectivity index (χ2n) is 22.6. The second-order valence-corrected chi connectivity index (χ2v) is 22.6.